The average molecular weight is 446 g/mol. The highest BCUT2D eigenvalue weighted by atomic mass is 35.5. The van der Waals surface area contributed by atoms with E-state index in [2.05, 4.69) is 16.0 Å². The fourth-order valence-corrected chi connectivity index (χ4v) is 3.38. The van der Waals surface area contributed by atoms with Crippen molar-refractivity contribution in [3.8, 4) is 17.4 Å². The van der Waals surface area contributed by atoms with Gasteiger partial charge in [0.15, 0.2) is 0 Å². The summed E-state index contributed by atoms with van der Waals surface area (Å²) in [5.74, 6) is 1.03. The number of H-pyrrole nitrogens is 1. The maximum Gasteiger partial charge on any atom is 0.339 e. The number of nitrogens with one attached hydrogen (secondary N) is 1. The van der Waals surface area contributed by atoms with E-state index < -0.39 is 5.97 Å². The molecule has 0 radical (unpaired) electrons. The number of carbonyl (C=O) groups excluding carboxylic acids is 1. The third kappa shape index (κ3) is 4.58. The van der Waals surface area contributed by atoms with Crippen LogP contribution in [0, 0.1) is 11.3 Å². The second-order valence-electron chi connectivity index (χ2n) is 7.16. The van der Waals surface area contributed by atoms with E-state index in [9.17, 15) is 10.1 Å². The smallest absolute Gasteiger partial charge is 0.339 e. The summed E-state index contributed by atoms with van der Waals surface area (Å²) >= 11 is 6.20. The summed E-state index contributed by atoms with van der Waals surface area (Å²) in [6, 6.07) is 18.3. The van der Waals surface area contributed by atoms with Gasteiger partial charge in [-0.1, -0.05) is 37.1 Å². The summed E-state index contributed by atoms with van der Waals surface area (Å²) in [5.41, 5.74) is 2.94. The number of benzene rings is 2. The highest BCUT2D eigenvalue weighted by molar-refractivity contribution is 6.33. The standard InChI is InChI=1S/C25H20ClN3O3/c1-2-3-12-31-25(30)19-14-16(8-10-20(19)26)23-11-9-18(32-23)13-17(15-27)24-28-21-6-4-5-7-22(21)29-24/h4-11,13-14H,2-3,12H2,1H3,(H,28,29). The first-order chi connectivity index (χ1) is 15.6. The average Bonchev–Trinajstić information content (AvgIpc) is 3.45. The molecule has 2 aromatic heterocycles. The van der Waals surface area contributed by atoms with Crippen molar-refractivity contribution in [2.75, 3.05) is 6.61 Å². The van der Waals surface area contributed by atoms with Crippen LogP contribution in [0.1, 0.15) is 41.7 Å². The number of allylic oxidation sites excluding steroid dienone is 1. The van der Waals surface area contributed by atoms with E-state index in [4.69, 9.17) is 20.8 Å². The lowest BCUT2D eigenvalue weighted by Gasteiger charge is -2.07. The van der Waals surface area contributed by atoms with E-state index >= 15 is 0 Å². The second kappa shape index (κ2) is 9.54. The predicted octanol–water partition coefficient (Wildman–Crippen LogP) is 6.50. The Bertz CT molecular complexity index is 1310. The zero-order valence-corrected chi connectivity index (χ0v) is 18.1. The fraction of sp³-hybridized carbons (Fsp3) is 0.160. The number of esters is 1. The highest BCUT2D eigenvalue weighted by Crippen LogP contribution is 2.29. The van der Waals surface area contributed by atoms with Crippen molar-refractivity contribution in [2.45, 2.75) is 19.8 Å². The molecule has 0 amide bonds. The van der Waals surface area contributed by atoms with E-state index in [1.165, 1.54) is 0 Å². The Labute approximate surface area is 190 Å². The molecule has 0 spiro atoms. The van der Waals surface area contributed by atoms with E-state index in [-0.39, 0.29) is 5.56 Å². The molecule has 4 rings (SSSR count). The van der Waals surface area contributed by atoms with Crippen LogP contribution in [-0.4, -0.2) is 22.5 Å². The third-order valence-corrected chi connectivity index (χ3v) is 5.21. The maximum absolute atomic E-state index is 12.4. The molecule has 0 unspecified atom stereocenters. The number of para-hydroxylation sites is 2. The predicted molar refractivity (Wildman–Crippen MR) is 124 cm³/mol. The number of aromatic amines is 1. The number of fused-ring (bicyclic) bond motifs is 1. The molecule has 0 aliphatic rings. The molecule has 6 nitrogen and oxygen atoms in total. The molecular formula is C25H20ClN3O3. The minimum atomic E-state index is -0.464. The SMILES string of the molecule is CCCCOC(=O)c1cc(-c2ccc(C=C(C#N)c3nc4ccccc4[nH]3)o2)ccc1Cl. The van der Waals surface area contributed by atoms with Crippen LogP contribution in [0.5, 0.6) is 0 Å². The van der Waals surface area contributed by atoms with Crippen LogP contribution >= 0.6 is 11.6 Å². The van der Waals surface area contributed by atoms with Crippen molar-refractivity contribution in [2.24, 2.45) is 0 Å². The van der Waals surface area contributed by atoms with Crippen LogP contribution in [-0.2, 0) is 4.74 Å². The van der Waals surface area contributed by atoms with Gasteiger partial charge in [-0.05, 0) is 48.9 Å². The molecule has 4 aromatic rings. The van der Waals surface area contributed by atoms with Gasteiger partial charge in [0, 0.05) is 11.6 Å². The molecular weight excluding hydrogens is 426 g/mol. The number of aromatic nitrogens is 2. The molecule has 7 heteroatoms. The van der Waals surface area contributed by atoms with Gasteiger partial charge in [0.2, 0.25) is 0 Å². The van der Waals surface area contributed by atoms with Crippen LogP contribution in [0.2, 0.25) is 5.02 Å². The number of carbonyl (C=O) groups is 1. The van der Waals surface area contributed by atoms with Crippen molar-refractivity contribution < 1.29 is 13.9 Å². The van der Waals surface area contributed by atoms with E-state index in [0.717, 1.165) is 23.9 Å². The van der Waals surface area contributed by atoms with Crippen molar-refractivity contribution in [3.63, 3.8) is 0 Å². The van der Waals surface area contributed by atoms with Gasteiger partial charge in [0.05, 0.1) is 33.8 Å². The lowest BCUT2D eigenvalue weighted by atomic mass is 10.1. The number of imidazole rings is 1. The maximum atomic E-state index is 12.4. The minimum absolute atomic E-state index is 0.286. The topological polar surface area (TPSA) is 91.9 Å². The van der Waals surface area contributed by atoms with Gasteiger partial charge in [-0.25, -0.2) is 9.78 Å². The van der Waals surface area contributed by atoms with Gasteiger partial charge in [-0.15, -0.1) is 0 Å². The van der Waals surface area contributed by atoms with E-state index in [1.54, 1.807) is 36.4 Å². The van der Waals surface area contributed by atoms with Gasteiger partial charge in [0.25, 0.3) is 0 Å². The largest absolute Gasteiger partial charge is 0.462 e. The van der Waals surface area contributed by atoms with Crippen molar-refractivity contribution in [1.82, 2.24) is 9.97 Å². The molecule has 2 aromatic carbocycles. The molecule has 1 N–H and O–H groups in total. The number of hydrogen-bond donors (Lipinski definition) is 1. The molecule has 0 fully saturated rings. The molecule has 0 aliphatic carbocycles. The number of furan rings is 1. The van der Waals surface area contributed by atoms with Crippen molar-refractivity contribution in [3.05, 3.63) is 76.8 Å². The summed E-state index contributed by atoms with van der Waals surface area (Å²) in [7, 11) is 0. The molecule has 0 aliphatic heterocycles. The Morgan fingerprint density at radius 2 is 2.09 bits per heavy atom. The van der Waals surface area contributed by atoms with Crippen molar-refractivity contribution >= 4 is 40.3 Å². The lowest BCUT2D eigenvalue weighted by molar-refractivity contribution is 0.0500. The minimum Gasteiger partial charge on any atom is -0.462 e. The van der Waals surface area contributed by atoms with Gasteiger partial charge >= 0.3 is 5.97 Å². The molecule has 0 saturated heterocycles. The van der Waals surface area contributed by atoms with Crippen LogP contribution in [0.25, 0.3) is 34.0 Å². The first-order valence-electron chi connectivity index (χ1n) is 10.2. The third-order valence-electron chi connectivity index (χ3n) is 4.88. The van der Waals surface area contributed by atoms with Gasteiger partial charge in [-0.3, -0.25) is 0 Å². The normalized spacial score (nSPS) is 11.5. The summed E-state index contributed by atoms with van der Waals surface area (Å²) < 4.78 is 11.2. The number of halogens is 1. The number of nitrogens with zero attached hydrogens (tertiary/aromatic N) is 2. The van der Waals surface area contributed by atoms with E-state index in [1.807, 2.05) is 31.2 Å². The molecule has 2 heterocycles. The zero-order chi connectivity index (χ0) is 22.5. The number of ether oxygens (including phenoxy) is 1. The van der Waals surface area contributed by atoms with Crippen molar-refractivity contribution in [1.29, 1.82) is 5.26 Å². The van der Waals surface area contributed by atoms with E-state index in [0.29, 0.717) is 40.1 Å². The van der Waals surface area contributed by atoms with Crippen LogP contribution in [0.4, 0.5) is 0 Å². The number of rotatable bonds is 7. The number of unbranched alkanes of at least 4 members (excludes halogenated alkanes) is 1. The Morgan fingerprint density at radius 3 is 2.88 bits per heavy atom. The Kier molecular flexibility index (Phi) is 6.39. The first kappa shape index (κ1) is 21.4. The summed E-state index contributed by atoms with van der Waals surface area (Å²) in [6.45, 7) is 2.38. The summed E-state index contributed by atoms with van der Waals surface area (Å²) in [6.07, 6.45) is 3.35. The molecule has 0 atom stereocenters. The molecule has 0 saturated carbocycles. The van der Waals surface area contributed by atoms with Gasteiger partial charge in [0.1, 0.15) is 23.4 Å². The molecule has 160 valence electrons. The van der Waals surface area contributed by atoms with Gasteiger partial charge in [-0.2, -0.15) is 5.26 Å². The fourth-order valence-electron chi connectivity index (χ4n) is 3.18. The first-order valence-corrected chi connectivity index (χ1v) is 10.6. The zero-order valence-electron chi connectivity index (χ0n) is 17.4. The van der Waals surface area contributed by atoms with Crippen LogP contribution < -0.4 is 0 Å². The Balaban J connectivity index is 1.60. The van der Waals surface area contributed by atoms with Gasteiger partial charge < -0.3 is 14.1 Å². The quantitative estimate of drug-likeness (QED) is 0.199. The Hall–Kier alpha value is -3.82. The molecule has 32 heavy (non-hydrogen) atoms. The highest BCUT2D eigenvalue weighted by Gasteiger charge is 2.15. The number of hydrogen-bond acceptors (Lipinski definition) is 5. The lowest BCUT2D eigenvalue weighted by Crippen LogP contribution is -2.07. The second-order valence-corrected chi connectivity index (χ2v) is 7.57. The summed E-state index contributed by atoms with van der Waals surface area (Å²) in [4.78, 5) is 20.0. The number of nitriles is 1. The molecule has 0 bridgehead atoms. The summed E-state index contributed by atoms with van der Waals surface area (Å²) in [5, 5.41) is 9.94. The van der Waals surface area contributed by atoms with Crippen LogP contribution in [0.3, 0.4) is 0 Å². The monoisotopic (exact) mass is 445 g/mol. The Morgan fingerprint density at radius 1 is 1.25 bits per heavy atom. The van der Waals surface area contributed by atoms with Crippen LogP contribution in [0.15, 0.2) is 59.0 Å².